The van der Waals surface area contributed by atoms with E-state index in [1.54, 1.807) is 6.92 Å². The molecule has 37 heavy (non-hydrogen) atoms. The number of aromatic hydroxyl groups is 4. The monoisotopic (exact) mass is 515 g/mol. The molecule has 2 aromatic rings. The Kier molecular flexibility index (Phi) is 8.77. The molecule has 0 spiro atoms. The van der Waals surface area contributed by atoms with Gasteiger partial charge in [-0.05, 0) is 50.5 Å². The van der Waals surface area contributed by atoms with Crippen LogP contribution in [-0.4, -0.2) is 79.8 Å². The Labute approximate surface area is 212 Å². The Bertz CT molecular complexity index is 1180. The summed E-state index contributed by atoms with van der Waals surface area (Å²) in [5.74, 6) is -4.60. The zero-order chi connectivity index (χ0) is 27.1. The van der Waals surface area contributed by atoms with Crippen molar-refractivity contribution in [1.29, 1.82) is 0 Å². The summed E-state index contributed by atoms with van der Waals surface area (Å²) in [7, 11) is 0. The minimum Gasteiger partial charge on any atom is -0.504 e. The normalized spacial score (nSPS) is 14.9. The zero-order valence-electron chi connectivity index (χ0n) is 20.2. The molecule has 0 aromatic heterocycles. The Morgan fingerprint density at radius 3 is 2.24 bits per heavy atom. The predicted octanol–water partition coefficient (Wildman–Crippen LogP) is 1.63. The molecule has 3 amide bonds. The minimum absolute atomic E-state index is 0.0276. The molecule has 0 saturated carbocycles. The first-order valence-corrected chi connectivity index (χ1v) is 11.7. The summed E-state index contributed by atoms with van der Waals surface area (Å²) in [5.41, 5.74) is -0.310. The van der Waals surface area contributed by atoms with Gasteiger partial charge in [-0.25, -0.2) is 4.79 Å². The van der Waals surface area contributed by atoms with Crippen molar-refractivity contribution in [3.05, 3.63) is 47.5 Å². The highest BCUT2D eigenvalue weighted by atomic mass is 16.7. The van der Waals surface area contributed by atoms with Gasteiger partial charge in [0.2, 0.25) is 0 Å². The number of carbonyl (C=O) groups is 4. The van der Waals surface area contributed by atoms with Gasteiger partial charge in [-0.15, -0.1) is 0 Å². The van der Waals surface area contributed by atoms with Crippen LogP contribution in [0.1, 0.15) is 53.3 Å². The average Bonchev–Trinajstić information content (AvgIpc) is 3.17. The summed E-state index contributed by atoms with van der Waals surface area (Å²) in [4.78, 5) is 56.1. The molecule has 1 saturated heterocycles. The van der Waals surface area contributed by atoms with Crippen LogP contribution in [0.15, 0.2) is 36.4 Å². The number of phenols is 4. The van der Waals surface area contributed by atoms with Crippen molar-refractivity contribution in [3.63, 3.8) is 0 Å². The van der Waals surface area contributed by atoms with Gasteiger partial charge in [-0.2, -0.15) is 5.06 Å². The van der Waals surface area contributed by atoms with E-state index >= 15 is 0 Å². The number of rotatable bonds is 10. The maximum Gasteiger partial charge on any atom is 0.351 e. The lowest BCUT2D eigenvalue weighted by molar-refractivity contribution is -0.199. The number of hydrogen-bond acceptors (Lipinski definition) is 9. The van der Waals surface area contributed by atoms with Gasteiger partial charge in [0.15, 0.2) is 23.0 Å². The molecule has 1 aliphatic rings. The number of hydroxylamine groups is 2. The molecule has 0 bridgehead atoms. The molecular weight excluding hydrogens is 486 g/mol. The lowest BCUT2D eigenvalue weighted by Gasteiger charge is -2.25. The lowest BCUT2D eigenvalue weighted by Crippen LogP contribution is -2.41. The summed E-state index contributed by atoms with van der Waals surface area (Å²) >= 11 is 0. The number of para-hydroxylation sites is 2. The van der Waals surface area contributed by atoms with Crippen LogP contribution in [0.3, 0.4) is 0 Å². The number of nitrogens with one attached hydrogen (secondary N) is 1. The lowest BCUT2D eigenvalue weighted by atomic mass is 10.1. The first-order chi connectivity index (χ1) is 17.6. The second-order valence-electron chi connectivity index (χ2n) is 8.61. The van der Waals surface area contributed by atoms with Crippen LogP contribution in [-0.2, 0) is 14.4 Å². The Hall–Kier alpha value is -4.48. The van der Waals surface area contributed by atoms with E-state index in [1.807, 2.05) is 0 Å². The van der Waals surface area contributed by atoms with E-state index in [2.05, 4.69) is 5.32 Å². The maximum absolute atomic E-state index is 13.1. The quantitative estimate of drug-likeness (QED) is 0.232. The van der Waals surface area contributed by atoms with Gasteiger partial charge in [0.25, 0.3) is 17.7 Å². The van der Waals surface area contributed by atoms with E-state index in [9.17, 15) is 39.6 Å². The highest BCUT2D eigenvalue weighted by Crippen LogP contribution is 2.30. The molecule has 1 fully saturated rings. The van der Waals surface area contributed by atoms with E-state index in [0.29, 0.717) is 19.3 Å². The van der Waals surface area contributed by atoms with E-state index < -0.39 is 47.3 Å². The van der Waals surface area contributed by atoms with Crippen LogP contribution in [0.5, 0.6) is 23.0 Å². The van der Waals surface area contributed by atoms with E-state index in [-0.39, 0.29) is 42.6 Å². The highest BCUT2D eigenvalue weighted by Gasteiger charge is 2.32. The molecule has 0 radical (unpaired) electrons. The third-order valence-corrected chi connectivity index (χ3v) is 5.87. The number of unbranched alkanes of at least 4 members (excludes halogenated alkanes) is 1. The second-order valence-corrected chi connectivity index (χ2v) is 8.61. The molecule has 1 heterocycles. The fourth-order valence-electron chi connectivity index (χ4n) is 3.81. The van der Waals surface area contributed by atoms with Crippen molar-refractivity contribution in [2.75, 3.05) is 19.6 Å². The van der Waals surface area contributed by atoms with Crippen molar-refractivity contribution in [1.82, 2.24) is 15.3 Å². The number of nitrogens with zero attached hydrogens (tertiary/aromatic N) is 2. The third kappa shape index (κ3) is 6.60. The Balaban J connectivity index is 1.61. The third-order valence-electron chi connectivity index (χ3n) is 5.87. The molecule has 12 heteroatoms. The SMILES string of the molecule is CC1CCC(=O)N1OC(=O)CN(CCCCNC(=O)c1cccc(O)c1O)C(=O)c1cccc(O)c1O. The Morgan fingerprint density at radius 1 is 1.00 bits per heavy atom. The summed E-state index contributed by atoms with van der Waals surface area (Å²) in [6.45, 7) is 1.40. The van der Waals surface area contributed by atoms with Crippen LogP contribution in [0.25, 0.3) is 0 Å². The topological polar surface area (TPSA) is 177 Å². The number of amides is 3. The molecule has 12 nitrogen and oxygen atoms in total. The van der Waals surface area contributed by atoms with Crippen LogP contribution in [0.2, 0.25) is 0 Å². The first-order valence-electron chi connectivity index (χ1n) is 11.7. The summed E-state index contributed by atoms with van der Waals surface area (Å²) in [6, 6.07) is 7.60. The van der Waals surface area contributed by atoms with Crippen LogP contribution in [0, 0.1) is 0 Å². The Morgan fingerprint density at radius 2 is 1.62 bits per heavy atom. The van der Waals surface area contributed by atoms with Crippen molar-refractivity contribution < 1.29 is 44.4 Å². The van der Waals surface area contributed by atoms with Crippen molar-refractivity contribution in [3.8, 4) is 23.0 Å². The molecule has 3 rings (SSSR count). The number of hydrogen-bond donors (Lipinski definition) is 5. The van der Waals surface area contributed by atoms with Gasteiger partial charge < -0.3 is 35.5 Å². The molecule has 5 N–H and O–H groups in total. The molecular formula is C25H29N3O9. The molecule has 1 unspecified atom stereocenters. The average molecular weight is 516 g/mol. The van der Waals surface area contributed by atoms with E-state index in [4.69, 9.17) is 4.84 Å². The smallest absolute Gasteiger partial charge is 0.351 e. The van der Waals surface area contributed by atoms with Crippen molar-refractivity contribution >= 4 is 23.7 Å². The van der Waals surface area contributed by atoms with Gasteiger partial charge in [0, 0.05) is 19.5 Å². The highest BCUT2D eigenvalue weighted by molar-refractivity contribution is 5.99. The number of benzene rings is 2. The molecule has 198 valence electrons. The molecule has 1 aliphatic heterocycles. The zero-order valence-corrected chi connectivity index (χ0v) is 20.2. The van der Waals surface area contributed by atoms with Gasteiger partial charge in [0.1, 0.15) is 6.54 Å². The first kappa shape index (κ1) is 27.1. The van der Waals surface area contributed by atoms with Gasteiger partial charge in [0.05, 0.1) is 17.2 Å². The van der Waals surface area contributed by atoms with Gasteiger partial charge >= 0.3 is 5.97 Å². The minimum atomic E-state index is -0.845. The fourth-order valence-corrected chi connectivity index (χ4v) is 3.81. The maximum atomic E-state index is 13.1. The molecule has 2 aromatic carbocycles. The van der Waals surface area contributed by atoms with Crippen LogP contribution >= 0.6 is 0 Å². The van der Waals surface area contributed by atoms with Crippen LogP contribution < -0.4 is 5.32 Å². The molecule has 0 aliphatic carbocycles. The van der Waals surface area contributed by atoms with E-state index in [0.717, 1.165) is 9.96 Å². The van der Waals surface area contributed by atoms with Gasteiger partial charge in [-0.1, -0.05) is 12.1 Å². The molecule has 1 atom stereocenters. The largest absolute Gasteiger partial charge is 0.504 e. The van der Waals surface area contributed by atoms with E-state index in [1.165, 1.54) is 36.4 Å². The second kappa shape index (κ2) is 12.0. The summed E-state index contributed by atoms with van der Waals surface area (Å²) < 4.78 is 0. The standard InChI is InChI=1S/C25H29N3O9/c1-15-10-11-20(31)28(15)37-21(32)14-27(25(36)17-7-5-9-19(30)23(17)34)13-3-2-12-26-24(35)16-6-4-8-18(29)22(16)33/h4-9,15,29-30,33-34H,2-3,10-14H2,1H3,(H,26,35). The summed E-state index contributed by atoms with van der Waals surface area (Å²) in [6.07, 6.45) is 1.49. The fraction of sp³-hybridized carbons (Fsp3) is 0.360. The van der Waals surface area contributed by atoms with Crippen molar-refractivity contribution in [2.24, 2.45) is 0 Å². The summed E-state index contributed by atoms with van der Waals surface area (Å²) in [5, 5.41) is 42.8. The van der Waals surface area contributed by atoms with Crippen molar-refractivity contribution in [2.45, 2.75) is 38.6 Å². The van der Waals surface area contributed by atoms with Crippen LogP contribution in [0.4, 0.5) is 0 Å². The number of phenolic OH excluding ortho intramolecular Hbond substituents is 4. The van der Waals surface area contributed by atoms with Gasteiger partial charge in [-0.3, -0.25) is 14.4 Å². The number of carbonyl (C=O) groups excluding carboxylic acids is 4. The predicted molar refractivity (Wildman–Crippen MR) is 129 cm³/mol.